The Labute approximate surface area is 119 Å². The van der Waals surface area contributed by atoms with Crippen LogP contribution in [0, 0.1) is 0 Å². The summed E-state index contributed by atoms with van der Waals surface area (Å²) in [6.45, 7) is 0. The van der Waals surface area contributed by atoms with Crippen LogP contribution in [0.1, 0.15) is 31.1 Å². The maximum absolute atomic E-state index is 12.0. The molecule has 0 saturated heterocycles. The quantitative estimate of drug-likeness (QED) is 0.660. The van der Waals surface area contributed by atoms with Gasteiger partial charge in [0.15, 0.2) is 0 Å². The molecule has 6 nitrogen and oxygen atoms in total. The van der Waals surface area contributed by atoms with E-state index in [-0.39, 0.29) is 16.9 Å². The molecular weight excluding hydrogens is 276 g/mol. The van der Waals surface area contributed by atoms with Crippen molar-refractivity contribution in [2.24, 2.45) is 0 Å². The van der Waals surface area contributed by atoms with Crippen LogP contribution in [0.3, 0.4) is 0 Å². The Morgan fingerprint density at radius 1 is 0.810 bits per heavy atom. The first-order valence-corrected chi connectivity index (χ1v) is 5.87. The summed E-state index contributed by atoms with van der Waals surface area (Å²) in [6, 6.07) is 11.3. The molecule has 0 aromatic heterocycles. The van der Waals surface area contributed by atoms with Gasteiger partial charge in [-0.05, 0) is 30.3 Å². The highest BCUT2D eigenvalue weighted by molar-refractivity contribution is 6.04. The molecule has 0 fully saturated rings. The topological polar surface area (TPSA) is 101 Å². The molecular formula is C15H10O6. The van der Waals surface area contributed by atoms with Crippen LogP contribution in [0.15, 0.2) is 48.5 Å². The summed E-state index contributed by atoms with van der Waals surface area (Å²) >= 11 is 0. The van der Waals surface area contributed by atoms with Gasteiger partial charge in [-0.1, -0.05) is 18.2 Å². The Hall–Kier alpha value is -3.15. The van der Waals surface area contributed by atoms with Crippen LogP contribution >= 0.6 is 0 Å². The van der Waals surface area contributed by atoms with E-state index >= 15 is 0 Å². The van der Waals surface area contributed by atoms with Gasteiger partial charge in [0, 0.05) is 0 Å². The van der Waals surface area contributed by atoms with Gasteiger partial charge >= 0.3 is 17.9 Å². The van der Waals surface area contributed by atoms with Crippen molar-refractivity contribution < 1.29 is 29.3 Å². The van der Waals surface area contributed by atoms with E-state index in [1.165, 1.54) is 0 Å². The highest BCUT2D eigenvalue weighted by Crippen LogP contribution is 2.17. The molecule has 0 spiro atoms. The zero-order chi connectivity index (χ0) is 15.4. The normalized spacial score (nSPS) is 9.90. The summed E-state index contributed by atoms with van der Waals surface area (Å²) in [6.07, 6.45) is 0. The summed E-state index contributed by atoms with van der Waals surface area (Å²) in [5.41, 5.74) is -0.851. The van der Waals surface area contributed by atoms with Crippen LogP contribution in [-0.2, 0) is 0 Å². The van der Waals surface area contributed by atoms with Gasteiger partial charge in [-0.15, -0.1) is 0 Å². The largest absolute Gasteiger partial charge is 0.478 e. The van der Waals surface area contributed by atoms with Gasteiger partial charge in [-0.3, -0.25) is 0 Å². The van der Waals surface area contributed by atoms with Crippen molar-refractivity contribution in [3.8, 4) is 5.75 Å². The van der Waals surface area contributed by atoms with Crippen LogP contribution < -0.4 is 4.74 Å². The van der Waals surface area contributed by atoms with Crippen molar-refractivity contribution in [2.45, 2.75) is 0 Å². The Morgan fingerprint density at radius 3 is 2.05 bits per heavy atom. The molecule has 0 bridgehead atoms. The third-order valence-electron chi connectivity index (χ3n) is 2.67. The number of benzene rings is 2. The second-order valence-corrected chi connectivity index (χ2v) is 4.07. The van der Waals surface area contributed by atoms with Crippen LogP contribution in [0.25, 0.3) is 0 Å². The van der Waals surface area contributed by atoms with Crippen molar-refractivity contribution in [1.29, 1.82) is 0 Å². The van der Waals surface area contributed by atoms with E-state index < -0.39 is 23.5 Å². The second-order valence-electron chi connectivity index (χ2n) is 4.07. The first-order valence-electron chi connectivity index (χ1n) is 5.87. The number of hydrogen-bond donors (Lipinski definition) is 2. The molecule has 0 amide bonds. The van der Waals surface area contributed by atoms with E-state index in [9.17, 15) is 14.4 Å². The molecule has 106 valence electrons. The first-order chi connectivity index (χ1) is 9.99. The average Bonchev–Trinajstić information content (AvgIpc) is 2.47. The maximum atomic E-state index is 12.0. The number of carbonyl (C=O) groups excluding carboxylic acids is 1. The molecule has 2 aromatic carbocycles. The number of carboxylic acids is 2. The van der Waals surface area contributed by atoms with E-state index in [0.29, 0.717) is 0 Å². The predicted octanol–water partition coefficient (Wildman–Crippen LogP) is 2.30. The van der Waals surface area contributed by atoms with Gasteiger partial charge in [0.2, 0.25) is 0 Å². The molecule has 0 aliphatic rings. The number of rotatable bonds is 4. The van der Waals surface area contributed by atoms with Gasteiger partial charge in [-0.2, -0.15) is 0 Å². The molecule has 0 radical (unpaired) electrons. The fraction of sp³-hybridized carbons (Fsp3) is 0. The number of para-hydroxylation sites is 1. The molecule has 21 heavy (non-hydrogen) atoms. The van der Waals surface area contributed by atoms with Crippen LogP contribution in [-0.4, -0.2) is 28.1 Å². The standard InChI is InChI=1S/C15H10O6/c16-13(17)9-6-7-11(12(8-9)14(18)19)15(20)21-10-4-2-1-3-5-10/h1-8H,(H,16,17)(H,18,19). The van der Waals surface area contributed by atoms with E-state index in [4.69, 9.17) is 14.9 Å². The van der Waals surface area contributed by atoms with Gasteiger partial charge in [0.05, 0.1) is 16.7 Å². The van der Waals surface area contributed by atoms with Crippen molar-refractivity contribution in [1.82, 2.24) is 0 Å². The molecule has 0 unspecified atom stereocenters. The van der Waals surface area contributed by atoms with Crippen molar-refractivity contribution in [3.05, 3.63) is 65.2 Å². The molecule has 0 saturated carbocycles. The van der Waals surface area contributed by atoms with Gasteiger partial charge < -0.3 is 14.9 Å². The number of carbonyl (C=O) groups is 3. The lowest BCUT2D eigenvalue weighted by molar-refractivity contribution is 0.0666. The fourth-order valence-corrected chi connectivity index (χ4v) is 1.68. The van der Waals surface area contributed by atoms with Crippen molar-refractivity contribution >= 4 is 17.9 Å². The summed E-state index contributed by atoms with van der Waals surface area (Å²) < 4.78 is 5.04. The van der Waals surface area contributed by atoms with E-state index in [1.807, 2.05) is 0 Å². The van der Waals surface area contributed by atoms with E-state index in [1.54, 1.807) is 30.3 Å². The number of esters is 1. The molecule has 2 rings (SSSR count). The Kier molecular flexibility index (Phi) is 3.99. The number of ether oxygens (including phenoxy) is 1. The SMILES string of the molecule is O=C(O)c1ccc(C(=O)Oc2ccccc2)c(C(=O)O)c1. The molecule has 2 N–H and O–H groups in total. The lowest BCUT2D eigenvalue weighted by Crippen LogP contribution is -2.15. The molecule has 0 atom stereocenters. The van der Waals surface area contributed by atoms with Gasteiger partial charge in [-0.25, -0.2) is 14.4 Å². The lowest BCUT2D eigenvalue weighted by Gasteiger charge is -2.07. The highest BCUT2D eigenvalue weighted by Gasteiger charge is 2.20. The Balaban J connectivity index is 2.36. The number of carboxylic acid groups (broad SMARTS) is 2. The van der Waals surface area contributed by atoms with Crippen molar-refractivity contribution in [3.63, 3.8) is 0 Å². The van der Waals surface area contributed by atoms with Crippen LogP contribution in [0.4, 0.5) is 0 Å². The van der Waals surface area contributed by atoms with Crippen LogP contribution in [0.2, 0.25) is 0 Å². The number of hydrogen-bond acceptors (Lipinski definition) is 4. The molecule has 0 heterocycles. The molecule has 0 aliphatic heterocycles. The average molecular weight is 286 g/mol. The van der Waals surface area contributed by atoms with Crippen molar-refractivity contribution in [2.75, 3.05) is 0 Å². The fourth-order valence-electron chi connectivity index (χ4n) is 1.68. The van der Waals surface area contributed by atoms with E-state index in [0.717, 1.165) is 18.2 Å². The Morgan fingerprint density at radius 2 is 1.48 bits per heavy atom. The minimum absolute atomic E-state index is 0.212. The zero-order valence-corrected chi connectivity index (χ0v) is 10.6. The summed E-state index contributed by atoms with van der Waals surface area (Å²) in [5.74, 6) is -3.28. The number of aromatic carboxylic acids is 2. The van der Waals surface area contributed by atoms with E-state index in [2.05, 4.69) is 0 Å². The van der Waals surface area contributed by atoms with Gasteiger partial charge in [0.25, 0.3) is 0 Å². The second kappa shape index (κ2) is 5.87. The summed E-state index contributed by atoms with van der Waals surface area (Å²) in [4.78, 5) is 34.0. The molecule has 6 heteroatoms. The minimum Gasteiger partial charge on any atom is -0.478 e. The highest BCUT2D eigenvalue weighted by atomic mass is 16.5. The third kappa shape index (κ3) is 3.24. The first kappa shape index (κ1) is 14.3. The maximum Gasteiger partial charge on any atom is 0.344 e. The Bertz CT molecular complexity index is 705. The summed E-state index contributed by atoms with van der Waals surface area (Å²) in [7, 11) is 0. The predicted molar refractivity (Wildman–Crippen MR) is 71.8 cm³/mol. The van der Waals surface area contributed by atoms with Gasteiger partial charge in [0.1, 0.15) is 5.75 Å². The monoisotopic (exact) mass is 286 g/mol. The molecule has 2 aromatic rings. The third-order valence-corrected chi connectivity index (χ3v) is 2.67. The smallest absolute Gasteiger partial charge is 0.344 e. The summed E-state index contributed by atoms with van der Waals surface area (Å²) in [5, 5.41) is 17.9. The molecule has 0 aliphatic carbocycles. The lowest BCUT2D eigenvalue weighted by atomic mass is 10.0. The minimum atomic E-state index is -1.40. The zero-order valence-electron chi connectivity index (χ0n) is 10.6. The van der Waals surface area contributed by atoms with Crippen LogP contribution in [0.5, 0.6) is 5.75 Å².